The maximum atomic E-state index is 11.3. The predicted molar refractivity (Wildman–Crippen MR) is 64.5 cm³/mol. The zero-order valence-corrected chi connectivity index (χ0v) is 9.23. The molecule has 16 heavy (non-hydrogen) atoms. The average Bonchev–Trinajstić information content (AvgIpc) is 2.21. The molecule has 1 rings (SSSR count). The van der Waals surface area contributed by atoms with Crippen molar-refractivity contribution in [2.24, 2.45) is 11.7 Å². The summed E-state index contributed by atoms with van der Waals surface area (Å²) < 4.78 is 0. The van der Waals surface area contributed by atoms with E-state index in [2.05, 4.69) is 13.2 Å². The van der Waals surface area contributed by atoms with Crippen LogP contribution in [0.15, 0.2) is 49.1 Å². The van der Waals surface area contributed by atoms with Crippen LogP contribution in [0.3, 0.4) is 0 Å². The van der Waals surface area contributed by atoms with Gasteiger partial charge in [-0.15, -0.1) is 13.2 Å². The van der Waals surface area contributed by atoms with Crippen molar-refractivity contribution in [1.82, 2.24) is 0 Å². The van der Waals surface area contributed by atoms with Gasteiger partial charge in [0.2, 0.25) is 5.91 Å². The van der Waals surface area contributed by atoms with Gasteiger partial charge in [0, 0.05) is 17.9 Å². The van der Waals surface area contributed by atoms with Crippen molar-refractivity contribution in [2.75, 3.05) is 0 Å². The van der Waals surface area contributed by atoms with Gasteiger partial charge in [0.05, 0.1) is 0 Å². The first kappa shape index (κ1) is 12.5. The highest BCUT2D eigenvalue weighted by molar-refractivity contribution is 5.93. The minimum Gasteiger partial charge on any atom is -0.381 e. The highest BCUT2D eigenvalue weighted by atomic mass is 16.3. The Bertz CT molecular complexity index is 368. The Balaban J connectivity index is 3.01. The molecule has 0 radical (unpaired) electrons. The molecule has 0 aromatic heterocycles. The molecule has 0 saturated heterocycles. The van der Waals surface area contributed by atoms with Crippen LogP contribution in [0.5, 0.6) is 0 Å². The molecule has 1 aliphatic carbocycles. The summed E-state index contributed by atoms with van der Waals surface area (Å²) >= 11 is 0. The van der Waals surface area contributed by atoms with Gasteiger partial charge in [-0.25, -0.2) is 0 Å². The summed E-state index contributed by atoms with van der Waals surface area (Å²) in [5, 5.41) is 10.1. The molecule has 2 unspecified atom stereocenters. The Morgan fingerprint density at radius 3 is 2.75 bits per heavy atom. The average molecular weight is 219 g/mol. The van der Waals surface area contributed by atoms with Gasteiger partial charge in [-0.3, -0.25) is 4.79 Å². The van der Waals surface area contributed by atoms with Gasteiger partial charge in [-0.1, -0.05) is 24.3 Å². The fourth-order valence-electron chi connectivity index (χ4n) is 1.81. The first-order valence-electron chi connectivity index (χ1n) is 5.18. The Kier molecular flexibility index (Phi) is 3.85. The minimum absolute atomic E-state index is 0.0832. The van der Waals surface area contributed by atoms with E-state index in [1.54, 1.807) is 24.3 Å². The topological polar surface area (TPSA) is 63.3 Å². The van der Waals surface area contributed by atoms with Crippen LogP contribution in [-0.4, -0.2) is 16.6 Å². The lowest BCUT2D eigenvalue weighted by molar-refractivity contribution is -0.115. The zero-order chi connectivity index (χ0) is 12.2. The number of aliphatic hydroxyl groups is 1. The van der Waals surface area contributed by atoms with Gasteiger partial charge in [0.25, 0.3) is 0 Å². The molecule has 0 aromatic carbocycles. The second kappa shape index (κ2) is 4.94. The second-order valence-corrected chi connectivity index (χ2v) is 3.94. The van der Waals surface area contributed by atoms with Crippen LogP contribution in [0.2, 0.25) is 0 Å². The highest BCUT2D eigenvalue weighted by Crippen LogP contribution is 2.29. The number of rotatable bonds is 5. The van der Waals surface area contributed by atoms with Crippen molar-refractivity contribution < 1.29 is 9.90 Å². The number of nitrogens with two attached hydrogens (primary N) is 1. The number of allylic oxidation sites excluding steroid dienone is 2. The summed E-state index contributed by atoms with van der Waals surface area (Å²) in [6.45, 7) is 7.20. The normalized spacial score (nSPS) is 28.3. The number of hydrogen-bond acceptors (Lipinski definition) is 2. The molecule has 2 atom stereocenters. The third-order valence-electron chi connectivity index (χ3n) is 2.60. The summed E-state index contributed by atoms with van der Waals surface area (Å²) in [6, 6.07) is 0. The minimum atomic E-state index is -1.14. The third-order valence-corrected chi connectivity index (χ3v) is 2.60. The lowest BCUT2D eigenvalue weighted by atomic mass is 9.82. The van der Waals surface area contributed by atoms with Crippen molar-refractivity contribution in [1.29, 1.82) is 0 Å². The number of hydrogen-bond donors (Lipinski definition) is 2. The summed E-state index contributed by atoms with van der Waals surface area (Å²) in [6.07, 6.45) is 9.32. The number of carbonyl (C=O) groups is 1. The zero-order valence-electron chi connectivity index (χ0n) is 9.23. The molecule has 1 amide bonds. The van der Waals surface area contributed by atoms with Crippen LogP contribution >= 0.6 is 0 Å². The van der Waals surface area contributed by atoms with Crippen molar-refractivity contribution in [2.45, 2.75) is 18.4 Å². The Labute approximate surface area is 95.6 Å². The van der Waals surface area contributed by atoms with E-state index in [1.165, 1.54) is 6.08 Å². The van der Waals surface area contributed by atoms with Gasteiger partial charge >= 0.3 is 0 Å². The molecule has 0 saturated carbocycles. The molecule has 0 fully saturated rings. The number of primary amides is 1. The predicted octanol–water partition coefficient (Wildman–Crippen LogP) is 1.47. The van der Waals surface area contributed by atoms with Gasteiger partial charge in [-0.05, 0) is 12.5 Å². The summed E-state index contributed by atoms with van der Waals surface area (Å²) in [7, 11) is 0. The molecule has 0 heterocycles. The van der Waals surface area contributed by atoms with Crippen molar-refractivity contribution in [3.8, 4) is 0 Å². The van der Waals surface area contributed by atoms with E-state index in [9.17, 15) is 9.90 Å². The van der Waals surface area contributed by atoms with E-state index >= 15 is 0 Å². The van der Waals surface area contributed by atoms with Crippen LogP contribution in [0.25, 0.3) is 0 Å². The molecule has 0 bridgehead atoms. The molecule has 86 valence electrons. The molecule has 0 spiro atoms. The SMILES string of the molecule is C=CCC1C=CC(O)(CC=C)C=C1C(N)=O. The first-order chi connectivity index (χ1) is 7.52. The van der Waals surface area contributed by atoms with Gasteiger partial charge in [0.1, 0.15) is 5.60 Å². The van der Waals surface area contributed by atoms with Crippen molar-refractivity contribution in [3.05, 3.63) is 49.1 Å². The van der Waals surface area contributed by atoms with Crippen molar-refractivity contribution in [3.63, 3.8) is 0 Å². The number of amides is 1. The van der Waals surface area contributed by atoms with Gasteiger partial charge in [0.15, 0.2) is 0 Å². The third kappa shape index (κ3) is 2.70. The Morgan fingerprint density at radius 1 is 1.56 bits per heavy atom. The lowest BCUT2D eigenvalue weighted by Crippen LogP contribution is -2.31. The second-order valence-electron chi connectivity index (χ2n) is 3.94. The number of carbonyl (C=O) groups excluding carboxylic acids is 1. The smallest absolute Gasteiger partial charge is 0.245 e. The molecule has 1 aliphatic rings. The molecule has 3 nitrogen and oxygen atoms in total. The molecular formula is C13H17NO2. The van der Waals surface area contributed by atoms with E-state index in [0.29, 0.717) is 18.4 Å². The van der Waals surface area contributed by atoms with Gasteiger partial charge in [-0.2, -0.15) is 0 Å². The molecule has 3 N–H and O–H groups in total. The monoisotopic (exact) mass is 219 g/mol. The largest absolute Gasteiger partial charge is 0.381 e. The van der Waals surface area contributed by atoms with E-state index < -0.39 is 11.5 Å². The molecule has 0 aliphatic heterocycles. The fourth-order valence-corrected chi connectivity index (χ4v) is 1.81. The first-order valence-corrected chi connectivity index (χ1v) is 5.18. The van der Waals surface area contributed by atoms with E-state index in [0.717, 1.165) is 0 Å². The summed E-state index contributed by atoms with van der Waals surface area (Å²) in [5.74, 6) is -0.584. The van der Waals surface area contributed by atoms with Crippen molar-refractivity contribution >= 4 is 5.91 Å². The standard InChI is InChI=1S/C13H17NO2/c1-3-5-10-6-8-13(16,7-4-2)9-11(10)12(14)15/h3-4,6,8-10,16H,1-2,5,7H2,(H2,14,15). The quantitative estimate of drug-likeness (QED) is 0.688. The fraction of sp³-hybridized carbons (Fsp3) is 0.308. The maximum Gasteiger partial charge on any atom is 0.245 e. The lowest BCUT2D eigenvalue weighted by Gasteiger charge is -2.27. The van der Waals surface area contributed by atoms with E-state index in [1.807, 2.05) is 0 Å². The van der Waals surface area contributed by atoms with Crippen LogP contribution in [0.1, 0.15) is 12.8 Å². The maximum absolute atomic E-state index is 11.3. The molecule has 3 heteroatoms. The summed E-state index contributed by atoms with van der Waals surface area (Å²) in [5.41, 5.74) is 4.59. The summed E-state index contributed by atoms with van der Waals surface area (Å²) in [4.78, 5) is 11.3. The van der Waals surface area contributed by atoms with E-state index in [4.69, 9.17) is 5.73 Å². The van der Waals surface area contributed by atoms with Crippen LogP contribution in [-0.2, 0) is 4.79 Å². The molecular weight excluding hydrogens is 202 g/mol. The van der Waals surface area contributed by atoms with Crippen LogP contribution in [0, 0.1) is 5.92 Å². The van der Waals surface area contributed by atoms with Crippen LogP contribution in [0.4, 0.5) is 0 Å². The Hall–Kier alpha value is -1.61. The van der Waals surface area contributed by atoms with Gasteiger partial charge < -0.3 is 10.8 Å². The van der Waals surface area contributed by atoms with E-state index in [-0.39, 0.29) is 5.92 Å². The van der Waals surface area contributed by atoms with Crippen LogP contribution < -0.4 is 5.73 Å². The molecule has 0 aromatic rings. The Morgan fingerprint density at radius 2 is 2.25 bits per heavy atom. The highest BCUT2D eigenvalue weighted by Gasteiger charge is 2.28.